The van der Waals surface area contributed by atoms with Gasteiger partial charge in [-0.25, -0.2) is 0 Å². The molecule has 15 heavy (non-hydrogen) atoms. The number of nitrogens with two attached hydrogens (primary N) is 1. The number of piperazine rings is 1. The summed E-state index contributed by atoms with van der Waals surface area (Å²) in [5.74, 6) is 0. The number of aromatic nitrogens is 1. The van der Waals surface area contributed by atoms with Gasteiger partial charge >= 0.3 is 0 Å². The lowest BCUT2D eigenvalue weighted by molar-refractivity contribution is 0.156. The van der Waals surface area contributed by atoms with Crippen molar-refractivity contribution < 1.29 is 0 Å². The van der Waals surface area contributed by atoms with Crippen LogP contribution in [0, 0.1) is 0 Å². The van der Waals surface area contributed by atoms with E-state index in [0.717, 1.165) is 31.9 Å². The molecule has 82 valence electrons. The summed E-state index contributed by atoms with van der Waals surface area (Å²) in [6.45, 7) is 4.70. The Morgan fingerprint density at radius 2 is 2.47 bits per heavy atom. The zero-order valence-electron chi connectivity index (χ0n) is 8.89. The number of nitrogens with one attached hydrogen (secondary N) is 1. The summed E-state index contributed by atoms with van der Waals surface area (Å²) in [5, 5.41) is 3.36. The van der Waals surface area contributed by atoms with E-state index < -0.39 is 0 Å². The van der Waals surface area contributed by atoms with Gasteiger partial charge in [-0.2, -0.15) is 0 Å². The minimum atomic E-state index is 0.445. The van der Waals surface area contributed by atoms with Gasteiger partial charge in [0.05, 0.1) is 5.69 Å². The summed E-state index contributed by atoms with van der Waals surface area (Å²) < 4.78 is 0. The molecule has 2 heterocycles. The van der Waals surface area contributed by atoms with E-state index in [9.17, 15) is 0 Å². The Morgan fingerprint density at radius 1 is 1.53 bits per heavy atom. The van der Waals surface area contributed by atoms with Crippen LogP contribution in [0.25, 0.3) is 0 Å². The summed E-state index contributed by atoms with van der Waals surface area (Å²) in [7, 11) is 0. The van der Waals surface area contributed by atoms with Crippen molar-refractivity contribution >= 4 is 0 Å². The maximum atomic E-state index is 5.75. The fraction of sp³-hybridized carbons (Fsp3) is 0.545. The zero-order valence-corrected chi connectivity index (χ0v) is 8.89. The van der Waals surface area contributed by atoms with Crippen molar-refractivity contribution in [2.45, 2.75) is 12.6 Å². The molecular formula is C11H18N4. The summed E-state index contributed by atoms with van der Waals surface area (Å²) in [4.78, 5) is 6.74. The average Bonchev–Trinajstić information content (AvgIpc) is 2.31. The van der Waals surface area contributed by atoms with Crippen LogP contribution in [0.3, 0.4) is 0 Å². The molecule has 4 nitrogen and oxygen atoms in total. The Balaban J connectivity index is 1.97. The smallest absolute Gasteiger partial charge is 0.0544 e. The Labute approximate surface area is 90.5 Å². The number of rotatable bonds is 3. The van der Waals surface area contributed by atoms with Crippen molar-refractivity contribution in [1.29, 1.82) is 0 Å². The van der Waals surface area contributed by atoms with Crippen molar-refractivity contribution in [3.05, 3.63) is 30.1 Å². The first-order valence-electron chi connectivity index (χ1n) is 5.45. The standard InChI is InChI=1S/C11H18N4/c12-7-11-8-13-5-6-15(11)9-10-3-1-2-4-14-10/h1-4,11,13H,5-9,12H2. The first-order chi connectivity index (χ1) is 7.40. The van der Waals surface area contributed by atoms with Crippen molar-refractivity contribution in [3.8, 4) is 0 Å². The lowest BCUT2D eigenvalue weighted by atomic mass is 10.2. The van der Waals surface area contributed by atoms with E-state index in [1.807, 2.05) is 18.3 Å². The second-order valence-corrected chi connectivity index (χ2v) is 3.89. The molecule has 0 aliphatic carbocycles. The average molecular weight is 206 g/mol. The molecule has 1 atom stereocenters. The van der Waals surface area contributed by atoms with Gasteiger partial charge < -0.3 is 11.1 Å². The maximum absolute atomic E-state index is 5.75. The highest BCUT2D eigenvalue weighted by Gasteiger charge is 2.20. The molecule has 0 radical (unpaired) electrons. The molecule has 3 N–H and O–H groups in total. The van der Waals surface area contributed by atoms with Crippen LogP contribution in [0.1, 0.15) is 5.69 Å². The van der Waals surface area contributed by atoms with E-state index in [-0.39, 0.29) is 0 Å². The van der Waals surface area contributed by atoms with Gasteiger partial charge in [0.15, 0.2) is 0 Å². The zero-order chi connectivity index (χ0) is 10.5. The molecule has 0 aromatic carbocycles. The maximum Gasteiger partial charge on any atom is 0.0544 e. The molecule has 1 aromatic heterocycles. The monoisotopic (exact) mass is 206 g/mol. The third-order valence-electron chi connectivity index (χ3n) is 2.84. The van der Waals surface area contributed by atoms with Crippen LogP contribution in [0.15, 0.2) is 24.4 Å². The third kappa shape index (κ3) is 2.75. The van der Waals surface area contributed by atoms with E-state index in [1.54, 1.807) is 0 Å². The Morgan fingerprint density at radius 3 is 3.20 bits per heavy atom. The van der Waals surface area contributed by atoms with Crippen LogP contribution in [0.5, 0.6) is 0 Å². The van der Waals surface area contributed by atoms with Gasteiger partial charge in [-0.15, -0.1) is 0 Å². The summed E-state index contributed by atoms with van der Waals surface area (Å²) in [6.07, 6.45) is 1.84. The number of nitrogens with zero attached hydrogens (tertiary/aromatic N) is 2. The van der Waals surface area contributed by atoms with Gasteiger partial charge in [0, 0.05) is 45.0 Å². The highest BCUT2D eigenvalue weighted by molar-refractivity contribution is 5.04. The molecule has 0 bridgehead atoms. The lowest BCUT2D eigenvalue weighted by Gasteiger charge is -2.35. The van der Waals surface area contributed by atoms with Crippen LogP contribution in [0.2, 0.25) is 0 Å². The first kappa shape index (κ1) is 10.5. The molecule has 1 aliphatic heterocycles. The van der Waals surface area contributed by atoms with Gasteiger partial charge in [0.25, 0.3) is 0 Å². The van der Waals surface area contributed by atoms with Gasteiger partial charge in [-0.3, -0.25) is 9.88 Å². The Kier molecular flexibility index (Phi) is 3.66. The van der Waals surface area contributed by atoms with Gasteiger partial charge in [-0.05, 0) is 12.1 Å². The molecule has 1 aliphatic rings. The van der Waals surface area contributed by atoms with Crippen molar-refractivity contribution in [2.75, 3.05) is 26.2 Å². The molecule has 2 rings (SSSR count). The highest BCUT2D eigenvalue weighted by Crippen LogP contribution is 2.07. The second-order valence-electron chi connectivity index (χ2n) is 3.89. The Bertz CT molecular complexity index is 288. The SMILES string of the molecule is NCC1CNCCN1Cc1ccccn1. The number of pyridine rings is 1. The van der Waals surface area contributed by atoms with Crippen LogP contribution in [-0.4, -0.2) is 42.1 Å². The summed E-state index contributed by atoms with van der Waals surface area (Å²) in [6, 6.07) is 6.49. The van der Waals surface area contributed by atoms with Crippen LogP contribution in [0.4, 0.5) is 0 Å². The molecule has 0 spiro atoms. The molecule has 0 amide bonds. The van der Waals surface area contributed by atoms with Gasteiger partial charge in [0.2, 0.25) is 0 Å². The van der Waals surface area contributed by atoms with Gasteiger partial charge in [0.1, 0.15) is 0 Å². The van der Waals surface area contributed by atoms with E-state index in [1.165, 1.54) is 0 Å². The predicted molar refractivity (Wildman–Crippen MR) is 60.4 cm³/mol. The van der Waals surface area contributed by atoms with Crippen molar-refractivity contribution in [1.82, 2.24) is 15.2 Å². The van der Waals surface area contributed by atoms with Gasteiger partial charge in [-0.1, -0.05) is 6.07 Å². The lowest BCUT2D eigenvalue weighted by Crippen LogP contribution is -2.53. The molecule has 0 saturated carbocycles. The largest absolute Gasteiger partial charge is 0.329 e. The van der Waals surface area contributed by atoms with Crippen molar-refractivity contribution in [3.63, 3.8) is 0 Å². The van der Waals surface area contributed by atoms with E-state index >= 15 is 0 Å². The second kappa shape index (κ2) is 5.21. The van der Waals surface area contributed by atoms with Crippen LogP contribution < -0.4 is 11.1 Å². The van der Waals surface area contributed by atoms with E-state index in [2.05, 4.69) is 21.3 Å². The Hall–Kier alpha value is -0.970. The molecule has 1 unspecified atom stereocenters. The first-order valence-corrected chi connectivity index (χ1v) is 5.45. The topological polar surface area (TPSA) is 54.2 Å². The van der Waals surface area contributed by atoms with E-state index in [4.69, 9.17) is 5.73 Å². The molecule has 1 saturated heterocycles. The highest BCUT2D eigenvalue weighted by atomic mass is 15.2. The third-order valence-corrected chi connectivity index (χ3v) is 2.84. The molecule has 1 fully saturated rings. The summed E-state index contributed by atoms with van der Waals surface area (Å²) in [5.41, 5.74) is 6.87. The quantitative estimate of drug-likeness (QED) is 0.720. The minimum Gasteiger partial charge on any atom is -0.329 e. The van der Waals surface area contributed by atoms with Crippen LogP contribution >= 0.6 is 0 Å². The minimum absolute atomic E-state index is 0.445. The summed E-state index contributed by atoms with van der Waals surface area (Å²) >= 11 is 0. The number of hydrogen-bond acceptors (Lipinski definition) is 4. The molecule has 4 heteroatoms. The number of hydrogen-bond donors (Lipinski definition) is 2. The predicted octanol–water partition coefficient (Wildman–Crippen LogP) is -0.186. The van der Waals surface area contributed by atoms with E-state index in [0.29, 0.717) is 12.6 Å². The van der Waals surface area contributed by atoms with Crippen molar-refractivity contribution in [2.24, 2.45) is 5.73 Å². The molecule has 1 aromatic rings. The fourth-order valence-corrected chi connectivity index (χ4v) is 1.94. The normalized spacial score (nSPS) is 22.9. The fourth-order valence-electron chi connectivity index (χ4n) is 1.94. The van der Waals surface area contributed by atoms with Crippen LogP contribution in [-0.2, 0) is 6.54 Å². The molecular weight excluding hydrogens is 188 g/mol.